The Kier molecular flexibility index (Phi) is 3.25. The van der Waals surface area contributed by atoms with Gasteiger partial charge in [-0.1, -0.05) is 13.3 Å². The fourth-order valence-electron chi connectivity index (χ4n) is 1.41. The molecule has 0 unspecified atom stereocenters. The highest BCUT2D eigenvalue weighted by Crippen LogP contribution is 2.19. The Bertz CT molecular complexity index is 528. The van der Waals surface area contributed by atoms with E-state index in [4.69, 9.17) is 9.15 Å². The first-order chi connectivity index (χ1) is 7.79. The van der Waals surface area contributed by atoms with Gasteiger partial charge in [0.1, 0.15) is 11.3 Å². The van der Waals surface area contributed by atoms with Crippen molar-refractivity contribution in [1.29, 1.82) is 0 Å². The zero-order valence-corrected chi connectivity index (χ0v) is 9.16. The molecule has 3 heteroatoms. The van der Waals surface area contributed by atoms with Crippen molar-refractivity contribution in [3.05, 3.63) is 40.8 Å². The van der Waals surface area contributed by atoms with E-state index in [0.29, 0.717) is 12.2 Å². The molecule has 0 aliphatic rings. The minimum Gasteiger partial charge on any atom is -0.493 e. The molecule has 0 bridgehead atoms. The van der Waals surface area contributed by atoms with Gasteiger partial charge in [0.15, 0.2) is 0 Å². The highest BCUT2D eigenvalue weighted by molar-refractivity contribution is 5.77. The molecule has 0 saturated heterocycles. The molecule has 0 amide bonds. The molecule has 1 aromatic carbocycles. The Morgan fingerprint density at radius 1 is 1.44 bits per heavy atom. The normalized spacial score (nSPS) is 10.6. The zero-order valence-electron chi connectivity index (χ0n) is 9.16. The molecule has 3 nitrogen and oxygen atoms in total. The number of hydrogen-bond acceptors (Lipinski definition) is 3. The molecule has 0 atom stereocenters. The van der Waals surface area contributed by atoms with E-state index in [1.165, 1.54) is 0 Å². The third-order valence-corrected chi connectivity index (χ3v) is 2.30. The molecular formula is C13H13O3. The van der Waals surface area contributed by atoms with Crippen LogP contribution in [0.2, 0.25) is 0 Å². The number of hydrogen-bond donors (Lipinski definition) is 0. The number of rotatable bonds is 4. The van der Waals surface area contributed by atoms with Crippen molar-refractivity contribution >= 4 is 11.0 Å². The maximum Gasteiger partial charge on any atom is 0.344 e. The minimum atomic E-state index is -0.460. The lowest BCUT2D eigenvalue weighted by Crippen LogP contribution is -1.98. The van der Waals surface area contributed by atoms with Gasteiger partial charge in [-0.05, 0) is 24.6 Å². The van der Waals surface area contributed by atoms with Gasteiger partial charge in [0.05, 0.1) is 12.7 Å². The van der Waals surface area contributed by atoms with Crippen LogP contribution in [0.3, 0.4) is 0 Å². The molecule has 0 N–H and O–H groups in total. The third-order valence-electron chi connectivity index (χ3n) is 2.30. The van der Waals surface area contributed by atoms with E-state index in [2.05, 4.69) is 13.0 Å². The van der Waals surface area contributed by atoms with E-state index in [0.717, 1.165) is 24.0 Å². The molecule has 1 heterocycles. The molecule has 0 aliphatic heterocycles. The van der Waals surface area contributed by atoms with Gasteiger partial charge >= 0.3 is 5.63 Å². The van der Waals surface area contributed by atoms with Crippen molar-refractivity contribution in [2.45, 2.75) is 19.8 Å². The summed E-state index contributed by atoms with van der Waals surface area (Å²) in [5.74, 6) is 0.732. The van der Waals surface area contributed by atoms with Gasteiger partial charge < -0.3 is 9.15 Å². The van der Waals surface area contributed by atoms with Crippen LogP contribution >= 0.6 is 0 Å². The van der Waals surface area contributed by atoms with Gasteiger partial charge in [-0.25, -0.2) is 4.79 Å². The van der Waals surface area contributed by atoms with Crippen LogP contribution in [0.15, 0.2) is 33.5 Å². The van der Waals surface area contributed by atoms with Crippen molar-refractivity contribution in [2.24, 2.45) is 0 Å². The number of unbranched alkanes of at least 4 members (excludes halogenated alkanes) is 1. The third kappa shape index (κ3) is 2.42. The minimum absolute atomic E-state index is 0.460. The SMILES string of the molecule is CCCCOc1ccc2c[c]c(=O)oc2c1. The molecular weight excluding hydrogens is 204 g/mol. The second kappa shape index (κ2) is 4.84. The highest BCUT2D eigenvalue weighted by atomic mass is 16.5. The summed E-state index contributed by atoms with van der Waals surface area (Å²) >= 11 is 0. The van der Waals surface area contributed by atoms with E-state index in [1.807, 2.05) is 12.1 Å². The molecule has 1 aromatic heterocycles. The van der Waals surface area contributed by atoms with Crippen LogP contribution in [0.5, 0.6) is 5.75 Å². The van der Waals surface area contributed by atoms with Crippen molar-refractivity contribution in [2.75, 3.05) is 6.61 Å². The van der Waals surface area contributed by atoms with E-state index in [1.54, 1.807) is 12.1 Å². The predicted molar refractivity (Wildman–Crippen MR) is 61.7 cm³/mol. The summed E-state index contributed by atoms with van der Waals surface area (Å²) in [6.07, 6.45) is 2.11. The molecule has 2 rings (SSSR count). The quantitative estimate of drug-likeness (QED) is 0.584. The summed E-state index contributed by atoms with van der Waals surface area (Å²) in [5, 5.41) is 0.849. The fraction of sp³-hybridized carbons (Fsp3) is 0.308. The molecule has 16 heavy (non-hydrogen) atoms. The van der Waals surface area contributed by atoms with E-state index in [-0.39, 0.29) is 0 Å². The topological polar surface area (TPSA) is 39.4 Å². The maximum absolute atomic E-state index is 11.0. The highest BCUT2D eigenvalue weighted by Gasteiger charge is 2.00. The average Bonchev–Trinajstić information content (AvgIpc) is 2.29. The standard InChI is InChI=1S/C13H13O3/c1-2-3-8-15-11-6-4-10-5-7-13(14)16-12(10)9-11/h4-6,9H,2-3,8H2,1H3. The van der Waals surface area contributed by atoms with Crippen molar-refractivity contribution < 1.29 is 9.15 Å². The fourth-order valence-corrected chi connectivity index (χ4v) is 1.41. The van der Waals surface area contributed by atoms with Crippen LogP contribution in [-0.2, 0) is 0 Å². The Morgan fingerprint density at radius 3 is 3.12 bits per heavy atom. The summed E-state index contributed by atoms with van der Waals surface area (Å²) in [6, 6.07) is 9.57. The summed E-state index contributed by atoms with van der Waals surface area (Å²) in [7, 11) is 0. The largest absolute Gasteiger partial charge is 0.493 e. The average molecular weight is 217 g/mol. The summed E-state index contributed by atoms with van der Waals surface area (Å²) in [5.41, 5.74) is 0.0796. The van der Waals surface area contributed by atoms with Gasteiger partial charge in [-0.3, -0.25) is 0 Å². The van der Waals surface area contributed by atoms with Crippen LogP contribution in [0.25, 0.3) is 11.0 Å². The van der Waals surface area contributed by atoms with Crippen molar-refractivity contribution in [3.63, 3.8) is 0 Å². The molecule has 0 spiro atoms. The Balaban J connectivity index is 2.25. The van der Waals surface area contributed by atoms with E-state index >= 15 is 0 Å². The van der Waals surface area contributed by atoms with Gasteiger partial charge in [-0.2, -0.15) is 0 Å². The first-order valence-corrected chi connectivity index (χ1v) is 5.38. The Labute approximate surface area is 93.7 Å². The van der Waals surface area contributed by atoms with Gasteiger partial charge in [-0.15, -0.1) is 0 Å². The lowest BCUT2D eigenvalue weighted by molar-refractivity contribution is 0.309. The summed E-state index contributed by atoms with van der Waals surface area (Å²) in [6.45, 7) is 2.80. The Morgan fingerprint density at radius 2 is 2.31 bits per heavy atom. The monoisotopic (exact) mass is 217 g/mol. The van der Waals surface area contributed by atoms with Crippen LogP contribution in [0.1, 0.15) is 19.8 Å². The Hall–Kier alpha value is -1.77. The molecule has 83 valence electrons. The first kappa shape index (κ1) is 10.7. The van der Waals surface area contributed by atoms with E-state index < -0.39 is 5.63 Å². The smallest absolute Gasteiger partial charge is 0.344 e. The van der Waals surface area contributed by atoms with Crippen molar-refractivity contribution in [3.8, 4) is 5.75 Å². The molecule has 0 aliphatic carbocycles. The van der Waals surface area contributed by atoms with Crippen LogP contribution in [0.4, 0.5) is 0 Å². The summed E-state index contributed by atoms with van der Waals surface area (Å²) < 4.78 is 10.5. The van der Waals surface area contributed by atoms with Gasteiger partial charge in [0, 0.05) is 11.5 Å². The summed E-state index contributed by atoms with van der Waals surface area (Å²) in [4.78, 5) is 11.0. The van der Waals surface area contributed by atoms with Crippen molar-refractivity contribution in [1.82, 2.24) is 0 Å². The van der Waals surface area contributed by atoms with Crippen LogP contribution < -0.4 is 10.4 Å². The van der Waals surface area contributed by atoms with E-state index in [9.17, 15) is 4.79 Å². The predicted octanol–water partition coefficient (Wildman–Crippen LogP) is 2.77. The lowest BCUT2D eigenvalue weighted by Gasteiger charge is -2.05. The first-order valence-electron chi connectivity index (χ1n) is 5.38. The van der Waals surface area contributed by atoms with Gasteiger partial charge in [0.2, 0.25) is 0 Å². The van der Waals surface area contributed by atoms with Gasteiger partial charge in [0.25, 0.3) is 0 Å². The molecule has 0 fully saturated rings. The second-order valence-electron chi connectivity index (χ2n) is 3.58. The maximum atomic E-state index is 11.0. The number of benzene rings is 1. The van der Waals surface area contributed by atoms with Crippen LogP contribution in [0, 0.1) is 6.07 Å². The molecule has 1 radical (unpaired) electrons. The lowest BCUT2D eigenvalue weighted by atomic mass is 10.2. The number of ether oxygens (including phenoxy) is 1. The van der Waals surface area contributed by atoms with Crippen LogP contribution in [-0.4, -0.2) is 6.61 Å². The molecule has 2 aromatic rings. The zero-order chi connectivity index (χ0) is 11.4. The second-order valence-corrected chi connectivity index (χ2v) is 3.58. The molecule has 0 saturated carbocycles. The number of fused-ring (bicyclic) bond motifs is 1.